The van der Waals surface area contributed by atoms with E-state index in [1.165, 1.54) is 6.07 Å². The Hall–Kier alpha value is -1.62. The summed E-state index contributed by atoms with van der Waals surface area (Å²) in [4.78, 5) is 14.0. The maximum atomic E-state index is 14.0. The summed E-state index contributed by atoms with van der Waals surface area (Å²) in [6.45, 7) is 6.53. The van der Waals surface area contributed by atoms with E-state index >= 15 is 0 Å². The molecule has 1 unspecified atom stereocenters. The number of halogens is 1. The first-order valence-electron chi connectivity index (χ1n) is 7.57. The lowest BCUT2D eigenvalue weighted by Gasteiger charge is -2.22. The van der Waals surface area contributed by atoms with Gasteiger partial charge in [-0.25, -0.2) is 4.39 Å². The van der Waals surface area contributed by atoms with Gasteiger partial charge in [0.1, 0.15) is 0 Å². The molecule has 1 atom stereocenters. The van der Waals surface area contributed by atoms with E-state index < -0.39 is 11.9 Å². The summed E-state index contributed by atoms with van der Waals surface area (Å²) in [5, 5.41) is 3.15. The zero-order valence-electron chi connectivity index (χ0n) is 12.7. The first-order valence-corrected chi connectivity index (χ1v) is 7.57. The van der Waals surface area contributed by atoms with Crippen LogP contribution in [0.25, 0.3) is 0 Å². The molecule has 0 radical (unpaired) electrons. The molecule has 1 aliphatic rings. The lowest BCUT2D eigenvalue weighted by molar-refractivity contribution is -0.136. The molecule has 1 amide bonds. The zero-order chi connectivity index (χ0) is 15.2. The van der Waals surface area contributed by atoms with Crippen LogP contribution in [0.5, 0.6) is 5.75 Å². The number of nitrogens with one attached hydrogen (secondary N) is 1. The number of likely N-dealkylation sites (tertiary alicyclic amines) is 1. The highest BCUT2D eigenvalue weighted by molar-refractivity contribution is 5.81. The molecule has 0 bridgehead atoms. The quantitative estimate of drug-likeness (QED) is 0.875. The number of benzene rings is 1. The fraction of sp³-hybridized carbons (Fsp3) is 0.562. The van der Waals surface area contributed by atoms with E-state index in [-0.39, 0.29) is 11.7 Å². The summed E-state index contributed by atoms with van der Waals surface area (Å²) in [6, 6.07) is 4.83. The van der Waals surface area contributed by atoms with E-state index in [2.05, 4.69) is 5.32 Å². The van der Waals surface area contributed by atoms with Crippen molar-refractivity contribution >= 4 is 5.91 Å². The van der Waals surface area contributed by atoms with E-state index in [0.717, 1.165) is 38.0 Å². The van der Waals surface area contributed by atoms with Gasteiger partial charge >= 0.3 is 0 Å². The monoisotopic (exact) mass is 294 g/mol. The fourth-order valence-electron chi connectivity index (χ4n) is 2.51. The lowest BCUT2D eigenvalue weighted by Crippen LogP contribution is -2.38. The molecule has 1 fully saturated rings. The summed E-state index contributed by atoms with van der Waals surface area (Å²) in [7, 11) is 0. The van der Waals surface area contributed by atoms with E-state index in [1.54, 1.807) is 17.9 Å². The Bertz CT molecular complexity index is 487. The molecule has 0 saturated carbocycles. The summed E-state index contributed by atoms with van der Waals surface area (Å²) in [6.07, 6.45) is 1.40. The third-order valence-electron chi connectivity index (χ3n) is 3.67. The van der Waals surface area contributed by atoms with Crippen LogP contribution in [0.15, 0.2) is 18.2 Å². The summed E-state index contributed by atoms with van der Waals surface area (Å²) in [5.41, 5.74) is 0.734. The predicted molar refractivity (Wildman–Crippen MR) is 79.7 cm³/mol. The summed E-state index contributed by atoms with van der Waals surface area (Å²) >= 11 is 0. The van der Waals surface area contributed by atoms with Crippen molar-refractivity contribution in [1.29, 1.82) is 0 Å². The second-order valence-electron chi connectivity index (χ2n) is 5.30. The highest BCUT2D eigenvalue weighted by atomic mass is 19.1. The maximum absolute atomic E-state index is 14.0. The van der Waals surface area contributed by atoms with Crippen molar-refractivity contribution in [3.63, 3.8) is 0 Å². The van der Waals surface area contributed by atoms with Crippen LogP contribution in [0.1, 0.15) is 32.3 Å². The molecule has 2 rings (SSSR count). The SMILES string of the molecule is CCNCc1cccc(F)c1OC(C)C(=O)N1CCCC1. The first kappa shape index (κ1) is 15.8. The van der Waals surface area contributed by atoms with Crippen molar-refractivity contribution in [3.8, 4) is 5.75 Å². The minimum atomic E-state index is -0.666. The van der Waals surface area contributed by atoms with Gasteiger partial charge in [0, 0.05) is 25.2 Å². The van der Waals surface area contributed by atoms with Gasteiger partial charge < -0.3 is 15.0 Å². The molecular weight excluding hydrogens is 271 g/mol. The number of amides is 1. The van der Waals surface area contributed by atoms with Crippen LogP contribution in [0.4, 0.5) is 4.39 Å². The highest BCUT2D eigenvalue weighted by Crippen LogP contribution is 2.24. The molecule has 1 aliphatic heterocycles. The van der Waals surface area contributed by atoms with Crippen molar-refractivity contribution < 1.29 is 13.9 Å². The van der Waals surface area contributed by atoms with Crippen LogP contribution in [0.2, 0.25) is 0 Å². The van der Waals surface area contributed by atoms with Crippen LogP contribution in [-0.2, 0) is 11.3 Å². The number of hydrogen-bond donors (Lipinski definition) is 1. The molecule has 116 valence electrons. The zero-order valence-corrected chi connectivity index (χ0v) is 12.7. The van der Waals surface area contributed by atoms with Gasteiger partial charge in [0.25, 0.3) is 5.91 Å². The molecule has 0 aromatic heterocycles. The van der Waals surface area contributed by atoms with Crippen molar-refractivity contribution in [3.05, 3.63) is 29.6 Å². The van der Waals surface area contributed by atoms with Crippen molar-refractivity contribution in [2.24, 2.45) is 0 Å². The Morgan fingerprint density at radius 2 is 2.14 bits per heavy atom. The van der Waals surface area contributed by atoms with Gasteiger partial charge in [-0.15, -0.1) is 0 Å². The second kappa shape index (κ2) is 7.41. The molecule has 5 heteroatoms. The largest absolute Gasteiger partial charge is 0.477 e. The Balaban J connectivity index is 2.08. The van der Waals surface area contributed by atoms with Crippen LogP contribution in [-0.4, -0.2) is 36.5 Å². The maximum Gasteiger partial charge on any atom is 0.263 e. The summed E-state index contributed by atoms with van der Waals surface area (Å²) < 4.78 is 19.6. The molecule has 21 heavy (non-hydrogen) atoms. The average molecular weight is 294 g/mol. The third-order valence-corrected chi connectivity index (χ3v) is 3.67. The molecule has 0 spiro atoms. The van der Waals surface area contributed by atoms with Gasteiger partial charge in [-0.1, -0.05) is 19.1 Å². The first-order chi connectivity index (χ1) is 10.1. The second-order valence-corrected chi connectivity index (χ2v) is 5.30. The van der Waals surface area contributed by atoms with E-state index in [0.29, 0.717) is 6.54 Å². The Morgan fingerprint density at radius 3 is 2.81 bits per heavy atom. The highest BCUT2D eigenvalue weighted by Gasteiger charge is 2.25. The van der Waals surface area contributed by atoms with Gasteiger partial charge in [-0.3, -0.25) is 4.79 Å². The molecule has 1 N–H and O–H groups in total. The lowest BCUT2D eigenvalue weighted by atomic mass is 10.2. The number of hydrogen-bond acceptors (Lipinski definition) is 3. The molecule has 1 heterocycles. The molecule has 1 saturated heterocycles. The van der Waals surface area contributed by atoms with Gasteiger partial charge in [-0.2, -0.15) is 0 Å². The van der Waals surface area contributed by atoms with E-state index in [4.69, 9.17) is 4.74 Å². The Labute approximate surface area is 125 Å². The Morgan fingerprint density at radius 1 is 1.43 bits per heavy atom. The third kappa shape index (κ3) is 3.94. The van der Waals surface area contributed by atoms with Gasteiger partial charge in [-0.05, 0) is 32.4 Å². The molecule has 1 aromatic carbocycles. The van der Waals surface area contributed by atoms with Crippen LogP contribution >= 0.6 is 0 Å². The van der Waals surface area contributed by atoms with Gasteiger partial charge in [0.05, 0.1) is 0 Å². The molecule has 0 aliphatic carbocycles. The van der Waals surface area contributed by atoms with Gasteiger partial charge in [0.2, 0.25) is 0 Å². The van der Waals surface area contributed by atoms with E-state index in [1.807, 2.05) is 13.0 Å². The average Bonchev–Trinajstić information content (AvgIpc) is 3.01. The van der Waals surface area contributed by atoms with Crippen molar-refractivity contribution in [2.75, 3.05) is 19.6 Å². The fourth-order valence-corrected chi connectivity index (χ4v) is 2.51. The van der Waals surface area contributed by atoms with Crippen molar-refractivity contribution in [2.45, 2.75) is 39.3 Å². The minimum Gasteiger partial charge on any atom is -0.477 e. The normalized spacial score (nSPS) is 16.0. The number of carbonyl (C=O) groups is 1. The molecule has 1 aromatic rings. The van der Waals surface area contributed by atoms with Crippen LogP contribution < -0.4 is 10.1 Å². The number of carbonyl (C=O) groups excluding carboxylic acids is 1. The van der Waals surface area contributed by atoms with Crippen LogP contribution in [0, 0.1) is 5.82 Å². The minimum absolute atomic E-state index is 0.0647. The molecular formula is C16H23FN2O2. The smallest absolute Gasteiger partial charge is 0.263 e. The van der Waals surface area contributed by atoms with Gasteiger partial charge in [0.15, 0.2) is 17.7 Å². The number of rotatable bonds is 6. The molecule has 4 nitrogen and oxygen atoms in total. The van der Waals surface area contributed by atoms with Crippen LogP contribution in [0.3, 0.4) is 0 Å². The summed E-state index contributed by atoms with van der Waals surface area (Å²) in [5.74, 6) is -0.310. The number of nitrogens with zero attached hydrogens (tertiary/aromatic N) is 1. The number of para-hydroxylation sites is 1. The Kier molecular flexibility index (Phi) is 5.56. The number of ether oxygens (including phenoxy) is 1. The van der Waals surface area contributed by atoms with Crippen molar-refractivity contribution in [1.82, 2.24) is 10.2 Å². The predicted octanol–water partition coefficient (Wildman–Crippen LogP) is 2.32. The van der Waals surface area contributed by atoms with E-state index in [9.17, 15) is 9.18 Å². The standard InChI is InChI=1S/C16H23FN2O2/c1-3-18-11-13-7-6-8-14(17)15(13)21-12(2)16(20)19-9-4-5-10-19/h6-8,12,18H,3-5,9-11H2,1-2H3. The topological polar surface area (TPSA) is 41.6 Å².